The largest absolute Gasteiger partial charge is 0.416 e. The molecule has 1 aliphatic heterocycles. The van der Waals surface area contributed by atoms with Gasteiger partial charge in [-0.15, -0.1) is 17.9 Å². The molecule has 0 spiro atoms. The smallest absolute Gasteiger partial charge is 0.378 e. The van der Waals surface area contributed by atoms with Gasteiger partial charge >= 0.3 is 6.18 Å². The monoisotopic (exact) mass is 439 g/mol. The number of amides is 1. The van der Waals surface area contributed by atoms with Gasteiger partial charge in [0.15, 0.2) is 0 Å². The first kappa shape index (κ1) is 22.3. The molecule has 1 amide bonds. The van der Waals surface area contributed by atoms with Crippen molar-refractivity contribution < 1.29 is 22.7 Å². The number of ether oxygens (including phenoxy) is 1. The first-order chi connectivity index (χ1) is 14.4. The van der Waals surface area contributed by atoms with E-state index in [4.69, 9.17) is 4.74 Å². The van der Waals surface area contributed by atoms with E-state index in [1.54, 1.807) is 17.4 Å². The molecule has 0 aliphatic carbocycles. The van der Waals surface area contributed by atoms with E-state index in [-0.39, 0.29) is 18.1 Å². The van der Waals surface area contributed by atoms with Crippen molar-refractivity contribution in [3.8, 4) is 0 Å². The van der Waals surface area contributed by atoms with Crippen LogP contribution in [0.3, 0.4) is 0 Å². The van der Waals surface area contributed by atoms with Crippen LogP contribution in [0.4, 0.5) is 24.5 Å². The second-order valence-corrected chi connectivity index (χ2v) is 7.95. The molecule has 2 aromatic rings. The molecule has 30 heavy (non-hydrogen) atoms. The van der Waals surface area contributed by atoms with Crippen molar-refractivity contribution in [2.75, 3.05) is 49.6 Å². The molecule has 9 heteroatoms. The summed E-state index contributed by atoms with van der Waals surface area (Å²) in [6.45, 7) is 6.90. The Balaban J connectivity index is 1.77. The maximum absolute atomic E-state index is 13.2. The summed E-state index contributed by atoms with van der Waals surface area (Å²) in [5, 5.41) is 4.65. The third-order valence-electron chi connectivity index (χ3n) is 4.66. The van der Waals surface area contributed by atoms with Gasteiger partial charge in [-0.05, 0) is 29.6 Å². The molecule has 1 N–H and O–H groups in total. The first-order valence-corrected chi connectivity index (χ1v) is 10.4. The molecule has 1 fully saturated rings. The van der Waals surface area contributed by atoms with Crippen LogP contribution >= 0.6 is 11.3 Å². The third-order valence-corrected chi connectivity index (χ3v) is 5.52. The Morgan fingerprint density at radius 1 is 1.30 bits per heavy atom. The summed E-state index contributed by atoms with van der Waals surface area (Å²) in [5.41, 5.74) is -0.0732. The van der Waals surface area contributed by atoms with Gasteiger partial charge in [0.05, 0.1) is 36.7 Å². The number of hydrogen-bond acceptors (Lipinski definition) is 5. The molecule has 1 aromatic heterocycles. The van der Waals surface area contributed by atoms with Crippen LogP contribution in [0.1, 0.15) is 10.4 Å². The van der Waals surface area contributed by atoms with E-state index in [1.807, 2.05) is 27.3 Å². The van der Waals surface area contributed by atoms with Gasteiger partial charge in [-0.3, -0.25) is 9.69 Å². The van der Waals surface area contributed by atoms with Gasteiger partial charge in [0, 0.05) is 31.1 Å². The van der Waals surface area contributed by atoms with Crippen molar-refractivity contribution in [1.29, 1.82) is 0 Å². The molecular formula is C21H24F3N3O2S. The van der Waals surface area contributed by atoms with Crippen LogP contribution in [-0.4, -0.2) is 50.2 Å². The number of morpholine rings is 1. The molecule has 0 unspecified atom stereocenters. The highest BCUT2D eigenvalue weighted by Gasteiger charge is 2.32. The second-order valence-electron chi connectivity index (χ2n) is 6.91. The maximum Gasteiger partial charge on any atom is 0.416 e. The maximum atomic E-state index is 13.2. The molecule has 162 valence electrons. The van der Waals surface area contributed by atoms with Crippen molar-refractivity contribution in [1.82, 2.24) is 4.90 Å². The lowest BCUT2D eigenvalue weighted by Crippen LogP contribution is -2.37. The molecule has 0 saturated carbocycles. The number of carbonyl (C=O) groups is 1. The normalized spacial score (nSPS) is 14.7. The van der Waals surface area contributed by atoms with Crippen LogP contribution < -0.4 is 10.2 Å². The number of carbonyl (C=O) groups excluding carboxylic acids is 1. The van der Waals surface area contributed by atoms with Gasteiger partial charge in [0.25, 0.3) is 0 Å². The van der Waals surface area contributed by atoms with E-state index < -0.39 is 11.7 Å². The van der Waals surface area contributed by atoms with Crippen LogP contribution in [0.5, 0.6) is 0 Å². The average Bonchev–Trinajstić information content (AvgIpc) is 3.21. The van der Waals surface area contributed by atoms with Crippen LogP contribution in [0.2, 0.25) is 0 Å². The fourth-order valence-corrected chi connectivity index (χ4v) is 4.02. The SMILES string of the molecule is C=CCN(CC(=O)Nc1cc(C(F)(F)F)ccc1N1CCOCC1)Cc1cccs1. The number of rotatable bonds is 8. The Kier molecular flexibility index (Phi) is 7.52. The number of benzene rings is 1. The van der Waals surface area contributed by atoms with E-state index >= 15 is 0 Å². The van der Waals surface area contributed by atoms with Gasteiger partial charge in [0.1, 0.15) is 0 Å². The Bertz CT molecular complexity index is 850. The molecule has 0 bridgehead atoms. The van der Waals surface area contributed by atoms with Crippen molar-refractivity contribution >= 4 is 28.6 Å². The minimum Gasteiger partial charge on any atom is -0.378 e. The summed E-state index contributed by atoms with van der Waals surface area (Å²) >= 11 is 1.58. The molecular weight excluding hydrogens is 415 g/mol. The van der Waals surface area contributed by atoms with E-state index in [0.717, 1.165) is 17.0 Å². The predicted molar refractivity (Wildman–Crippen MR) is 113 cm³/mol. The van der Waals surface area contributed by atoms with Crippen LogP contribution in [0.15, 0.2) is 48.4 Å². The number of nitrogens with zero attached hydrogens (tertiary/aromatic N) is 2. The zero-order valence-corrected chi connectivity index (χ0v) is 17.3. The lowest BCUT2D eigenvalue weighted by Gasteiger charge is -2.31. The summed E-state index contributed by atoms with van der Waals surface area (Å²) < 4.78 is 45.0. The third kappa shape index (κ3) is 6.07. The fourth-order valence-electron chi connectivity index (χ4n) is 3.28. The van der Waals surface area contributed by atoms with Crippen LogP contribution in [0.25, 0.3) is 0 Å². The fraction of sp³-hybridized carbons (Fsp3) is 0.381. The van der Waals surface area contributed by atoms with Gasteiger partial charge in [0.2, 0.25) is 5.91 Å². The van der Waals surface area contributed by atoms with Gasteiger partial charge in [-0.1, -0.05) is 12.1 Å². The number of halogens is 3. The van der Waals surface area contributed by atoms with Crippen molar-refractivity contribution in [2.45, 2.75) is 12.7 Å². The van der Waals surface area contributed by atoms with Gasteiger partial charge < -0.3 is 15.0 Å². The molecule has 1 saturated heterocycles. The van der Waals surface area contributed by atoms with E-state index in [0.29, 0.717) is 45.1 Å². The summed E-state index contributed by atoms with van der Waals surface area (Å²) in [6, 6.07) is 7.36. The number of anilines is 2. The van der Waals surface area contributed by atoms with E-state index in [2.05, 4.69) is 11.9 Å². The topological polar surface area (TPSA) is 44.8 Å². The van der Waals surface area contributed by atoms with Crippen molar-refractivity contribution in [3.63, 3.8) is 0 Å². The standard InChI is InChI=1S/C21H24F3N3O2S/c1-2-7-26(14-17-4-3-12-30-17)15-20(28)25-18-13-16(21(22,23)24)5-6-19(18)27-8-10-29-11-9-27/h2-6,12-13H,1,7-11,14-15H2,(H,25,28). The lowest BCUT2D eigenvalue weighted by molar-refractivity contribution is -0.137. The molecule has 0 radical (unpaired) electrons. The quantitative estimate of drug-likeness (QED) is 0.626. The summed E-state index contributed by atoms with van der Waals surface area (Å²) in [5.74, 6) is -0.373. The predicted octanol–water partition coefficient (Wildman–Crippen LogP) is 4.23. The Morgan fingerprint density at radius 2 is 2.07 bits per heavy atom. The minimum atomic E-state index is -4.49. The highest BCUT2D eigenvalue weighted by Crippen LogP contribution is 2.35. The zero-order chi connectivity index (χ0) is 21.6. The van der Waals surface area contributed by atoms with Crippen molar-refractivity contribution in [3.05, 3.63) is 58.8 Å². The summed E-state index contributed by atoms with van der Waals surface area (Å²) in [4.78, 5) is 17.6. The minimum absolute atomic E-state index is 0.0444. The van der Waals surface area contributed by atoms with Gasteiger partial charge in [-0.2, -0.15) is 13.2 Å². The molecule has 2 heterocycles. The molecule has 5 nitrogen and oxygen atoms in total. The number of hydrogen-bond donors (Lipinski definition) is 1. The summed E-state index contributed by atoms with van der Waals surface area (Å²) in [7, 11) is 0. The van der Waals surface area contributed by atoms with Gasteiger partial charge in [-0.25, -0.2) is 0 Å². The molecule has 0 atom stereocenters. The highest BCUT2D eigenvalue weighted by atomic mass is 32.1. The number of nitrogens with one attached hydrogen (secondary N) is 1. The van der Waals surface area contributed by atoms with E-state index in [9.17, 15) is 18.0 Å². The second kappa shape index (κ2) is 10.1. The Morgan fingerprint density at radius 3 is 2.70 bits per heavy atom. The number of thiophene rings is 1. The number of alkyl halides is 3. The zero-order valence-electron chi connectivity index (χ0n) is 16.5. The van der Waals surface area contributed by atoms with Crippen LogP contribution in [0, 0.1) is 0 Å². The lowest BCUT2D eigenvalue weighted by atomic mass is 10.1. The Hall–Kier alpha value is -2.36. The molecule has 1 aliphatic rings. The molecule has 3 rings (SSSR count). The Labute approximate surface area is 177 Å². The van der Waals surface area contributed by atoms with Crippen molar-refractivity contribution in [2.24, 2.45) is 0 Å². The van der Waals surface area contributed by atoms with E-state index in [1.165, 1.54) is 6.07 Å². The summed E-state index contributed by atoms with van der Waals surface area (Å²) in [6.07, 6.45) is -2.79. The highest BCUT2D eigenvalue weighted by molar-refractivity contribution is 7.09. The van der Waals surface area contributed by atoms with Crippen LogP contribution in [-0.2, 0) is 22.3 Å². The molecule has 1 aromatic carbocycles. The average molecular weight is 440 g/mol. The first-order valence-electron chi connectivity index (χ1n) is 9.56.